The van der Waals surface area contributed by atoms with E-state index in [0.29, 0.717) is 0 Å². The zero-order chi connectivity index (χ0) is 14.2. The van der Waals surface area contributed by atoms with Crippen LogP contribution in [0, 0.1) is 13.8 Å². The molecule has 0 aliphatic rings. The molecular weight excluding hydrogens is 284 g/mol. The van der Waals surface area contributed by atoms with Gasteiger partial charge in [-0.15, -0.1) is 0 Å². The van der Waals surface area contributed by atoms with Gasteiger partial charge in [0.2, 0.25) is 0 Å². The molecule has 0 fully saturated rings. The molecule has 0 unspecified atom stereocenters. The van der Waals surface area contributed by atoms with Gasteiger partial charge in [0.25, 0.3) is 0 Å². The van der Waals surface area contributed by atoms with Crippen LogP contribution in [0.5, 0.6) is 0 Å². The van der Waals surface area contributed by atoms with Crippen molar-refractivity contribution in [2.24, 2.45) is 0 Å². The molecule has 106 valence electrons. The largest absolute Gasteiger partial charge is 0.202 e. The van der Waals surface area contributed by atoms with Crippen LogP contribution in [-0.4, -0.2) is 11.5 Å². The van der Waals surface area contributed by atoms with Gasteiger partial charge < -0.3 is 0 Å². The Hall–Kier alpha value is -1.00. The molecule has 0 spiro atoms. The lowest BCUT2D eigenvalue weighted by molar-refractivity contribution is -0.698. The minimum absolute atomic E-state index is 1.09. The molecule has 0 aliphatic carbocycles. The molecule has 0 saturated carbocycles. The van der Waals surface area contributed by atoms with Crippen molar-refractivity contribution in [1.29, 1.82) is 0 Å². The topological polar surface area (TPSA) is 7.76 Å². The molecular formula is C16H22N2S2+2. The third-order valence-corrected chi connectivity index (χ3v) is 5.61. The Labute approximate surface area is 129 Å². The second-order valence-corrected chi connectivity index (χ2v) is 7.42. The molecule has 4 heteroatoms. The van der Waals surface area contributed by atoms with Crippen LogP contribution >= 0.6 is 21.6 Å². The van der Waals surface area contributed by atoms with Crippen LogP contribution in [0.1, 0.15) is 11.4 Å². The first-order chi connectivity index (χ1) is 9.77. The Kier molecular flexibility index (Phi) is 6.40. The van der Waals surface area contributed by atoms with E-state index >= 15 is 0 Å². The Morgan fingerprint density at radius 3 is 1.60 bits per heavy atom. The average molecular weight is 307 g/mol. The maximum Gasteiger partial charge on any atom is 0.178 e. The van der Waals surface area contributed by atoms with Crippen molar-refractivity contribution in [2.75, 3.05) is 11.5 Å². The highest BCUT2D eigenvalue weighted by molar-refractivity contribution is 8.76. The van der Waals surface area contributed by atoms with Crippen molar-refractivity contribution in [2.45, 2.75) is 26.9 Å². The van der Waals surface area contributed by atoms with Gasteiger partial charge in [0, 0.05) is 38.1 Å². The summed E-state index contributed by atoms with van der Waals surface area (Å²) in [5.41, 5.74) is 2.65. The summed E-state index contributed by atoms with van der Waals surface area (Å²) in [6.07, 6.45) is 4.31. The number of nitrogens with zero attached hydrogens (tertiary/aromatic N) is 2. The summed E-state index contributed by atoms with van der Waals surface area (Å²) in [5, 5.41) is 0. The summed E-state index contributed by atoms with van der Waals surface area (Å²) in [6, 6.07) is 12.7. The van der Waals surface area contributed by atoms with Crippen molar-refractivity contribution in [3.63, 3.8) is 0 Å². The summed E-state index contributed by atoms with van der Waals surface area (Å²) in [7, 11) is 3.93. The molecule has 0 aromatic carbocycles. The molecule has 2 nitrogen and oxygen atoms in total. The Morgan fingerprint density at radius 2 is 1.20 bits per heavy atom. The number of pyridine rings is 2. The predicted molar refractivity (Wildman–Crippen MR) is 87.7 cm³/mol. The molecule has 20 heavy (non-hydrogen) atoms. The van der Waals surface area contributed by atoms with E-state index in [-0.39, 0.29) is 0 Å². The summed E-state index contributed by atoms with van der Waals surface area (Å²) in [5.74, 6) is 2.30. The standard InChI is InChI=1S/C16H22N2S2/c1-15-7-3-5-9-17(15)11-13-19-20-14-12-18-10-6-4-8-16(18)2/h3-10H,11-14H2,1-2H3/q+2. The average Bonchev–Trinajstić information content (AvgIpc) is 2.46. The van der Waals surface area contributed by atoms with Gasteiger partial charge >= 0.3 is 0 Å². The van der Waals surface area contributed by atoms with Crippen LogP contribution in [0.2, 0.25) is 0 Å². The number of aromatic nitrogens is 2. The highest BCUT2D eigenvalue weighted by atomic mass is 33.1. The Balaban J connectivity index is 1.63. The minimum Gasteiger partial charge on any atom is -0.202 e. The smallest absolute Gasteiger partial charge is 0.178 e. The third kappa shape index (κ3) is 4.84. The maximum absolute atomic E-state index is 2.31. The summed E-state index contributed by atoms with van der Waals surface area (Å²) in [6.45, 7) is 6.49. The molecule has 2 rings (SSSR count). The van der Waals surface area contributed by atoms with Crippen molar-refractivity contribution in [3.8, 4) is 0 Å². The zero-order valence-corrected chi connectivity index (χ0v) is 13.8. The first kappa shape index (κ1) is 15.4. The fourth-order valence-electron chi connectivity index (χ4n) is 2.01. The Bertz CT molecular complexity index is 494. The van der Waals surface area contributed by atoms with Crippen molar-refractivity contribution < 1.29 is 9.13 Å². The van der Waals surface area contributed by atoms with E-state index in [4.69, 9.17) is 0 Å². The van der Waals surface area contributed by atoms with E-state index in [9.17, 15) is 0 Å². The number of hydrogen-bond donors (Lipinski definition) is 0. The van der Waals surface area contributed by atoms with E-state index in [0.717, 1.165) is 24.6 Å². The molecule has 0 radical (unpaired) electrons. The minimum atomic E-state index is 1.09. The van der Waals surface area contributed by atoms with Crippen LogP contribution in [0.15, 0.2) is 48.8 Å². The predicted octanol–water partition coefficient (Wildman–Crippen LogP) is 2.96. The monoisotopic (exact) mass is 306 g/mol. The van der Waals surface area contributed by atoms with Crippen molar-refractivity contribution >= 4 is 21.6 Å². The van der Waals surface area contributed by atoms with Gasteiger partial charge in [0.1, 0.15) is 0 Å². The van der Waals surface area contributed by atoms with Gasteiger partial charge in [-0.25, -0.2) is 9.13 Å². The summed E-state index contributed by atoms with van der Waals surface area (Å²) >= 11 is 0. The number of rotatable bonds is 7. The van der Waals surface area contributed by atoms with E-state index in [1.54, 1.807) is 0 Å². The first-order valence-corrected chi connectivity index (χ1v) is 9.41. The lowest BCUT2D eigenvalue weighted by Crippen LogP contribution is -2.37. The van der Waals surface area contributed by atoms with Crippen LogP contribution < -0.4 is 9.13 Å². The van der Waals surface area contributed by atoms with Crippen molar-refractivity contribution in [1.82, 2.24) is 0 Å². The molecule has 2 heterocycles. The highest BCUT2D eigenvalue weighted by Gasteiger charge is 2.06. The highest BCUT2D eigenvalue weighted by Crippen LogP contribution is 2.20. The maximum atomic E-state index is 2.31. The van der Waals surface area contributed by atoms with E-state index in [1.807, 2.05) is 21.6 Å². The van der Waals surface area contributed by atoms with E-state index < -0.39 is 0 Å². The lowest BCUT2D eigenvalue weighted by atomic mass is 10.3. The van der Waals surface area contributed by atoms with Gasteiger partial charge in [-0.05, 0) is 0 Å². The molecule has 0 bridgehead atoms. The molecule has 0 atom stereocenters. The quantitative estimate of drug-likeness (QED) is 0.441. The van der Waals surface area contributed by atoms with Gasteiger partial charge in [0.05, 0.1) is 11.5 Å². The molecule has 0 N–H and O–H groups in total. The normalized spacial score (nSPS) is 10.7. The Morgan fingerprint density at radius 1 is 0.750 bits per heavy atom. The summed E-state index contributed by atoms with van der Waals surface area (Å²) < 4.78 is 4.62. The fourth-order valence-corrected chi connectivity index (χ4v) is 3.95. The zero-order valence-electron chi connectivity index (χ0n) is 12.2. The van der Waals surface area contributed by atoms with Crippen LogP contribution in [0.4, 0.5) is 0 Å². The molecule has 0 amide bonds. The van der Waals surface area contributed by atoms with E-state index in [1.165, 1.54) is 11.4 Å². The lowest BCUT2D eigenvalue weighted by Gasteiger charge is -2.01. The molecule has 0 saturated heterocycles. The van der Waals surface area contributed by atoms with Gasteiger partial charge in [-0.3, -0.25) is 0 Å². The van der Waals surface area contributed by atoms with Gasteiger partial charge in [-0.1, -0.05) is 33.7 Å². The first-order valence-electron chi connectivity index (χ1n) is 6.92. The van der Waals surface area contributed by atoms with E-state index in [2.05, 4.69) is 71.8 Å². The molecule has 0 aliphatic heterocycles. The second kappa shape index (κ2) is 8.32. The molecule has 2 aromatic heterocycles. The number of hydrogen-bond acceptors (Lipinski definition) is 2. The van der Waals surface area contributed by atoms with Crippen LogP contribution in [0.3, 0.4) is 0 Å². The number of aryl methyl sites for hydroxylation is 4. The van der Waals surface area contributed by atoms with Crippen LogP contribution in [0.25, 0.3) is 0 Å². The van der Waals surface area contributed by atoms with Gasteiger partial charge in [-0.2, -0.15) is 0 Å². The second-order valence-electron chi connectivity index (χ2n) is 4.71. The van der Waals surface area contributed by atoms with Gasteiger partial charge in [0.15, 0.2) is 36.9 Å². The molecule has 2 aromatic rings. The van der Waals surface area contributed by atoms with Crippen molar-refractivity contribution in [3.05, 3.63) is 60.2 Å². The summed E-state index contributed by atoms with van der Waals surface area (Å²) in [4.78, 5) is 0. The fraction of sp³-hybridized carbons (Fsp3) is 0.375. The third-order valence-electron chi connectivity index (χ3n) is 3.25. The SMILES string of the molecule is Cc1cccc[n+]1CCSSCC[n+]1ccccc1C. The van der Waals surface area contributed by atoms with Crippen LogP contribution in [-0.2, 0) is 13.1 Å².